The smallest absolute Gasteiger partial charge is 0.378 e. The van der Waals surface area contributed by atoms with E-state index in [-0.39, 0.29) is 44.9 Å². The highest BCUT2D eigenvalue weighted by molar-refractivity contribution is 7.92. The van der Waals surface area contributed by atoms with Gasteiger partial charge in [-0.2, -0.15) is 27.1 Å². The fraction of sp³-hybridized carbons (Fsp3) is 0.351. The summed E-state index contributed by atoms with van der Waals surface area (Å²) in [4.78, 5) is 18.5. The van der Waals surface area contributed by atoms with E-state index in [0.717, 1.165) is 25.3 Å². The minimum Gasteiger partial charge on any atom is -0.378 e. The summed E-state index contributed by atoms with van der Waals surface area (Å²) in [6.45, 7) is 4.01. The molecule has 56 heavy (non-hydrogen) atoms. The fourth-order valence-corrected chi connectivity index (χ4v) is 7.10. The zero-order chi connectivity index (χ0) is 41.1. The van der Waals surface area contributed by atoms with Crippen LogP contribution in [0.15, 0.2) is 53.1 Å². The van der Waals surface area contributed by atoms with Crippen LogP contribution in [-0.4, -0.2) is 51.2 Å². The van der Waals surface area contributed by atoms with Crippen molar-refractivity contribution in [2.75, 3.05) is 11.0 Å². The molecular weight excluding hydrogens is 773 g/mol. The second kappa shape index (κ2) is 14.2. The van der Waals surface area contributed by atoms with Gasteiger partial charge in [-0.1, -0.05) is 37.1 Å². The highest BCUT2D eigenvalue weighted by atomic mass is 32.2. The van der Waals surface area contributed by atoms with E-state index in [0.29, 0.717) is 10.7 Å². The SMILES string of the molecule is C[C@@H]1c2c(C(F)(F)F)nn(CC(=O)N[C@@H](Cc3cc(F)cc(F)c3)c3nc(C#CC(C)(C)O)ccc3-c3cccc4c(NS(C)(=O)=O)noc34)c2C(F)(F)[C@@H]1C. The molecule has 0 radical (unpaired) electrons. The lowest BCUT2D eigenvalue weighted by Crippen LogP contribution is -2.35. The molecule has 0 aliphatic heterocycles. The molecule has 1 aliphatic carbocycles. The highest BCUT2D eigenvalue weighted by Crippen LogP contribution is 2.55. The number of benzene rings is 2. The van der Waals surface area contributed by atoms with Crippen molar-refractivity contribution in [3.63, 3.8) is 0 Å². The average molecular weight is 807 g/mol. The van der Waals surface area contributed by atoms with E-state index in [1.165, 1.54) is 51.1 Å². The Morgan fingerprint density at radius 3 is 2.38 bits per heavy atom. The predicted octanol–water partition coefficient (Wildman–Crippen LogP) is 6.82. The Hall–Kier alpha value is -5.48. The molecule has 0 spiro atoms. The minimum atomic E-state index is -5.12. The number of sulfonamides is 1. The number of aromatic nitrogens is 4. The monoisotopic (exact) mass is 806 g/mol. The normalized spacial score (nSPS) is 17.3. The van der Waals surface area contributed by atoms with Crippen LogP contribution in [0.3, 0.4) is 0 Å². The first-order valence-corrected chi connectivity index (χ1v) is 18.8. The van der Waals surface area contributed by atoms with Crippen LogP contribution in [0.4, 0.5) is 36.6 Å². The topological polar surface area (TPSA) is 152 Å². The molecule has 1 aliphatic rings. The number of fused-ring (bicyclic) bond motifs is 2. The van der Waals surface area contributed by atoms with Crippen LogP contribution in [0.5, 0.6) is 0 Å². The molecule has 0 saturated heterocycles. The van der Waals surface area contributed by atoms with Crippen molar-refractivity contribution in [2.24, 2.45) is 5.92 Å². The molecule has 2 aromatic carbocycles. The Labute approximate surface area is 315 Å². The molecule has 296 valence electrons. The highest BCUT2D eigenvalue weighted by Gasteiger charge is 2.57. The standard InChI is InChI=1S/C37H33F7N6O5S/c1-18-19(2)36(40,41)33-29(18)32(37(42,43)44)47-50(33)17-28(51)46-27(15-20-13-21(38)16-22(39)14-20)30-24(10-9-23(45-30)11-12-35(3,4)52)25-7-6-8-26-31(25)55-48-34(26)49-56(5,53)54/h6-10,13-14,16,18-19,27,52H,15,17H2,1-5H3,(H,46,51)(H,48,49)/t18-,19+,27-/m0/s1. The number of alkyl halides is 5. The van der Waals surface area contributed by atoms with Crippen LogP contribution >= 0.6 is 0 Å². The largest absolute Gasteiger partial charge is 0.435 e. The van der Waals surface area contributed by atoms with Crippen molar-refractivity contribution in [3.8, 4) is 23.0 Å². The van der Waals surface area contributed by atoms with Crippen molar-refractivity contribution >= 4 is 32.7 Å². The van der Waals surface area contributed by atoms with Crippen LogP contribution in [0.1, 0.15) is 73.6 Å². The number of hydrogen-bond acceptors (Lipinski definition) is 8. The first-order chi connectivity index (χ1) is 25.9. The number of carbonyl (C=O) groups is 1. The summed E-state index contributed by atoms with van der Waals surface area (Å²) in [5.41, 5.74) is -4.40. The summed E-state index contributed by atoms with van der Waals surface area (Å²) in [5, 5.41) is 20.3. The number of rotatable bonds is 9. The van der Waals surface area contributed by atoms with Gasteiger partial charge in [0, 0.05) is 28.7 Å². The van der Waals surface area contributed by atoms with Crippen molar-refractivity contribution in [3.05, 3.63) is 94.1 Å². The number of amides is 1. The van der Waals surface area contributed by atoms with E-state index in [9.17, 15) is 40.3 Å². The summed E-state index contributed by atoms with van der Waals surface area (Å²) < 4.78 is 134. The molecule has 0 bridgehead atoms. The van der Waals surface area contributed by atoms with Crippen LogP contribution in [0, 0.1) is 29.4 Å². The third-order valence-corrected chi connectivity index (χ3v) is 9.73. The number of aliphatic hydroxyl groups is 1. The zero-order valence-corrected chi connectivity index (χ0v) is 31.0. The lowest BCUT2D eigenvalue weighted by atomic mass is 9.94. The molecular formula is C37H33F7N6O5S. The molecule has 3 atom stereocenters. The predicted molar refractivity (Wildman–Crippen MR) is 189 cm³/mol. The maximum Gasteiger partial charge on any atom is 0.435 e. The molecule has 1 amide bonds. The molecule has 6 rings (SSSR count). The Balaban J connectivity index is 1.51. The van der Waals surface area contributed by atoms with Gasteiger partial charge < -0.3 is 14.9 Å². The van der Waals surface area contributed by atoms with Gasteiger partial charge in [-0.05, 0) is 68.0 Å². The molecule has 3 N–H and O–H groups in total. The molecule has 11 nitrogen and oxygen atoms in total. The number of halogens is 7. The van der Waals surface area contributed by atoms with Crippen molar-refractivity contribution < 1.29 is 53.6 Å². The van der Waals surface area contributed by atoms with Crippen LogP contribution in [-0.2, 0) is 39.9 Å². The van der Waals surface area contributed by atoms with Crippen molar-refractivity contribution in [1.82, 2.24) is 25.2 Å². The van der Waals surface area contributed by atoms with Crippen LogP contribution < -0.4 is 10.0 Å². The lowest BCUT2D eigenvalue weighted by molar-refractivity contribution is -0.143. The summed E-state index contributed by atoms with van der Waals surface area (Å²) in [6.07, 6.45) is -4.63. The van der Waals surface area contributed by atoms with Gasteiger partial charge in [0.1, 0.15) is 35.2 Å². The minimum absolute atomic E-state index is 0.0143. The average Bonchev–Trinajstić information content (AvgIpc) is 3.71. The molecule has 5 aromatic rings. The van der Waals surface area contributed by atoms with Crippen LogP contribution in [0.25, 0.3) is 22.1 Å². The molecule has 3 heterocycles. The van der Waals surface area contributed by atoms with Crippen LogP contribution in [0.2, 0.25) is 0 Å². The number of pyridine rings is 1. The summed E-state index contributed by atoms with van der Waals surface area (Å²) >= 11 is 0. The van der Waals surface area contributed by atoms with Gasteiger partial charge in [0.05, 0.1) is 23.4 Å². The van der Waals surface area contributed by atoms with E-state index >= 15 is 8.78 Å². The van der Waals surface area contributed by atoms with Gasteiger partial charge in [0.25, 0.3) is 5.92 Å². The van der Waals surface area contributed by atoms with E-state index in [1.807, 2.05) is 0 Å². The second-order valence-electron chi connectivity index (χ2n) is 14.1. The lowest BCUT2D eigenvalue weighted by Gasteiger charge is -2.23. The Morgan fingerprint density at radius 2 is 1.75 bits per heavy atom. The maximum absolute atomic E-state index is 15.5. The van der Waals surface area contributed by atoms with E-state index in [1.54, 1.807) is 0 Å². The summed E-state index contributed by atoms with van der Waals surface area (Å²) in [7, 11) is -3.81. The summed E-state index contributed by atoms with van der Waals surface area (Å²) in [6, 6.07) is 8.65. The van der Waals surface area contributed by atoms with Gasteiger partial charge in [0.2, 0.25) is 15.9 Å². The number of nitrogens with zero attached hydrogens (tertiary/aromatic N) is 4. The Morgan fingerprint density at radius 1 is 1.07 bits per heavy atom. The van der Waals surface area contributed by atoms with Gasteiger partial charge in [-0.25, -0.2) is 22.2 Å². The van der Waals surface area contributed by atoms with E-state index in [2.05, 4.69) is 37.1 Å². The number of para-hydroxylation sites is 1. The molecule has 0 fully saturated rings. The van der Waals surface area contributed by atoms with E-state index in [4.69, 9.17) is 4.52 Å². The number of nitrogens with one attached hydrogen (secondary N) is 2. The van der Waals surface area contributed by atoms with Crippen molar-refractivity contribution in [1.29, 1.82) is 0 Å². The van der Waals surface area contributed by atoms with Gasteiger partial charge in [-0.15, -0.1) is 0 Å². The molecule has 0 saturated carbocycles. The Kier molecular flexibility index (Phi) is 10.2. The maximum atomic E-state index is 15.5. The van der Waals surface area contributed by atoms with Gasteiger partial charge in [0.15, 0.2) is 17.1 Å². The number of hydrogen-bond donors (Lipinski definition) is 3. The Bertz CT molecular complexity index is 2510. The number of carbonyl (C=O) groups excluding carboxylic acids is 1. The summed E-state index contributed by atoms with van der Waals surface area (Å²) in [5.74, 6) is -4.51. The fourth-order valence-electron chi connectivity index (χ4n) is 6.60. The van der Waals surface area contributed by atoms with Gasteiger partial charge >= 0.3 is 6.18 Å². The van der Waals surface area contributed by atoms with E-state index < -0.39 is 93.1 Å². The van der Waals surface area contributed by atoms with Gasteiger partial charge in [-0.3, -0.25) is 14.2 Å². The first kappa shape index (κ1) is 40.2. The molecule has 3 aromatic heterocycles. The first-order valence-electron chi connectivity index (χ1n) is 16.9. The third-order valence-electron chi connectivity index (χ3n) is 9.16. The molecule has 0 unspecified atom stereocenters. The third kappa shape index (κ3) is 8.21. The molecule has 19 heteroatoms. The zero-order valence-electron chi connectivity index (χ0n) is 30.2. The quantitative estimate of drug-likeness (QED) is 0.108. The second-order valence-corrected chi connectivity index (χ2v) is 15.8. The van der Waals surface area contributed by atoms with Crippen molar-refractivity contribution in [2.45, 2.75) is 70.3 Å². The number of anilines is 1.